The summed E-state index contributed by atoms with van der Waals surface area (Å²) in [5, 5.41) is 8.40. The van der Waals surface area contributed by atoms with Gasteiger partial charge in [-0.1, -0.05) is 0 Å². The summed E-state index contributed by atoms with van der Waals surface area (Å²) in [6, 6.07) is 3.61. The number of nitrogens with one attached hydrogen (secondary N) is 1. The minimum Gasteiger partial charge on any atom is -0.372 e. The van der Waals surface area contributed by atoms with E-state index < -0.39 is 0 Å². The second-order valence-electron chi connectivity index (χ2n) is 5.85. The van der Waals surface area contributed by atoms with Gasteiger partial charge in [-0.25, -0.2) is 0 Å². The van der Waals surface area contributed by atoms with Crippen molar-refractivity contribution in [3.05, 3.63) is 35.7 Å². The average molecular weight is 318 g/mol. The summed E-state index contributed by atoms with van der Waals surface area (Å²) in [5.41, 5.74) is 0.602. The highest BCUT2D eigenvalue weighted by Crippen LogP contribution is 2.15. The van der Waals surface area contributed by atoms with Crippen molar-refractivity contribution in [3.8, 4) is 0 Å². The molecule has 1 aliphatic heterocycles. The van der Waals surface area contributed by atoms with E-state index in [9.17, 15) is 4.79 Å². The van der Waals surface area contributed by atoms with Crippen molar-refractivity contribution in [1.82, 2.24) is 29.5 Å². The Morgan fingerprint density at radius 3 is 3.00 bits per heavy atom. The maximum Gasteiger partial charge on any atom is 0.270 e. The normalized spacial score (nSPS) is 14.3. The summed E-state index contributed by atoms with van der Waals surface area (Å²) in [5.74, 6) is 1.63. The Balaban J connectivity index is 1.59. The molecule has 0 radical (unpaired) electrons. The van der Waals surface area contributed by atoms with Crippen LogP contribution in [0.4, 0.5) is 0 Å². The predicted molar refractivity (Wildman–Crippen MR) is 83.8 cm³/mol. The Morgan fingerprint density at radius 2 is 2.26 bits per heavy atom. The molecule has 0 bridgehead atoms. The van der Waals surface area contributed by atoms with E-state index in [-0.39, 0.29) is 5.91 Å². The molecule has 8 heteroatoms. The van der Waals surface area contributed by atoms with Gasteiger partial charge in [0.25, 0.3) is 5.91 Å². The standard InChI is InChI=1S/C15H22N6O2/c1-19(2)8-9-23-11-14-18-17-13-10-20(6-7-21(13)14)15(22)12-4-3-5-16-12/h3-5,16H,6-11H2,1-2H3. The van der Waals surface area contributed by atoms with Gasteiger partial charge in [0.15, 0.2) is 11.6 Å². The van der Waals surface area contributed by atoms with Gasteiger partial charge in [0, 0.05) is 25.8 Å². The maximum atomic E-state index is 12.4. The van der Waals surface area contributed by atoms with Gasteiger partial charge >= 0.3 is 0 Å². The fourth-order valence-corrected chi connectivity index (χ4v) is 2.54. The van der Waals surface area contributed by atoms with Crippen molar-refractivity contribution < 1.29 is 9.53 Å². The average Bonchev–Trinajstić information content (AvgIpc) is 3.20. The Bertz CT molecular complexity index is 649. The summed E-state index contributed by atoms with van der Waals surface area (Å²) in [4.78, 5) is 19.2. The van der Waals surface area contributed by atoms with Crippen LogP contribution in [0.25, 0.3) is 0 Å². The molecular weight excluding hydrogens is 296 g/mol. The van der Waals surface area contributed by atoms with Crippen LogP contribution in [-0.4, -0.2) is 69.2 Å². The Morgan fingerprint density at radius 1 is 1.39 bits per heavy atom. The molecule has 3 heterocycles. The summed E-state index contributed by atoms with van der Waals surface area (Å²) in [7, 11) is 4.02. The van der Waals surface area contributed by atoms with Crippen LogP contribution in [0.15, 0.2) is 18.3 Å². The number of ether oxygens (including phenoxy) is 1. The van der Waals surface area contributed by atoms with Crippen molar-refractivity contribution in [2.24, 2.45) is 0 Å². The van der Waals surface area contributed by atoms with Gasteiger partial charge < -0.3 is 24.1 Å². The van der Waals surface area contributed by atoms with Crippen LogP contribution in [-0.2, 0) is 24.4 Å². The van der Waals surface area contributed by atoms with Crippen molar-refractivity contribution in [1.29, 1.82) is 0 Å². The van der Waals surface area contributed by atoms with Gasteiger partial charge in [-0.3, -0.25) is 4.79 Å². The first kappa shape index (κ1) is 15.7. The fourth-order valence-electron chi connectivity index (χ4n) is 2.54. The summed E-state index contributed by atoms with van der Waals surface area (Å²) in [6.07, 6.45) is 1.75. The summed E-state index contributed by atoms with van der Waals surface area (Å²) >= 11 is 0. The van der Waals surface area contributed by atoms with Crippen molar-refractivity contribution in [2.45, 2.75) is 19.7 Å². The van der Waals surface area contributed by atoms with Crippen LogP contribution in [0.5, 0.6) is 0 Å². The highest BCUT2D eigenvalue weighted by molar-refractivity contribution is 5.92. The highest BCUT2D eigenvalue weighted by atomic mass is 16.5. The molecule has 0 saturated heterocycles. The highest BCUT2D eigenvalue weighted by Gasteiger charge is 2.25. The SMILES string of the molecule is CN(C)CCOCc1nnc2n1CCN(C(=O)c1ccc[nH]1)C2. The van der Waals surface area contributed by atoms with Gasteiger partial charge in [0.1, 0.15) is 12.3 Å². The Labute approximate surface area is 135 Å². The molecule has 2 aromatic heterocycles. The molecule has 1 amide bonds. The molecule has 0 aliphatic carbocycles. The molecule has 8 nitrogen and oxygen atoms in total. The second kappa shape index (κ2) is 6.93. The number of aromatic nitrogens is 4. The van der Waals surface area contributed by atoms with Crippen LogP contribution in [0.2, 0.25) is 0 Å². The van der Waals surface area contributed by atoms with Gasteiger partial charge in [-0.15, -0.1) is 10.2 Å². The Kier molecular flexibility index (Phi) is 4.73. The number of H-pyrrole nitrogens is 1. The first-order valence-electron chi connectivity index (χ1n) is 7.71. The maximum absolute atomic E-state index is 12.4. The third-order valence-corrected chi connectivity index (χ3v) is 3.86. The van der Waals surface area contributed by atoms with E-state index in [0.717, 1.165) is 18.2 Å². The number of hydrogen-bond donors (Lipinski definition) is 1. The second-order valence-corrected chi connectivity index (χ2v) is 5.85. The number of carbonyl (C=O) groups is 1. The van der Waals surface area contributed by atoms with Crippen LogP contribution in [0, 0.1) is 0 Å². The smallest absolute Gasteiger partial charge is 0.270 e. The zero-order valence-corrected chi connectivity index (χ0v) is 13.5. The number of fused-ring (bicyclic) bond motifs is 1. The monoisotopic (exact) mass is 318 g/mol. The number of carbonyl (C=O) groups excluding carboxylic acids is 1. The van der Waals surface area contributed by atoms with Gasteiger partial charge in [-0.05, 0) is 26.2 Å². The Hall–Kier alpha value is -2.19. The minimum absolute atomic E-state index is 0.00645. The van der Waals surface area contributed by atoms with E-state index in [1.165, 1.54) is 0 Å². The quantitative estimate of drug-likeness (QED) is 0.777. The van der Waals surface area contributed by atoms with Crippen molar-refractivity contribution in [2.75, 3.05) is 33.8 Å². The van der Waals surface area contributed by atoms with Gasteiger partial charge in [0.05, 0.1) is 13.2 Å². The molecule has 1 aliphatic rings. The number of amides is 1. The van der Waals surface area contributed by atoms with E-state index in [1.54, 1.807) is 17.2 Å². The largest absolute Gasteiger partial charge is 0.372 e. The topological polar surface area (TPSA) is 79.3 Å². The number of aromatic amines is 1. The molecule has 0 fully saturated rings. The molecule has 0 spiro atoms. The first-order valence-corrected chi connectivity index (χ1v) is 7.71. The zero-order chi connectivity index (χ0) is 16.2. The molecule has 0 aromatic carbocycles. The molecule has 3 rings (SSSR count). The minimum atomic E-state index is -0.00645. The molecule has 23 heavy (non-hydrogen) atoms. The number of hydrogen-bond acceptors (Lipinski definition) is 5. The number of rotatable bonds is 6. The van der Waals surface area contributed by atoms with E-state index in [4.69, 9.17) is 4.74 Å². The van der Waals surface area contributed by atoms with E-state index in [0.29, 0.717) is 38.5 Å². The van der Waals surface area contributed by atoms with Crippen molar-refractivity contribution >= 4 is 5.91 Å². The molecule has 124 valence electrons. The predicted octanol–water partition coefficient (Wildman–Crippen LogP) is 0.340. The van der Waals surface area contributed by atoms with E-state index in [1.807, 2.05) is 24.7 Å². The van der Waals surface area contributed by atoms with Crippen molar-refractivity contribution in [3.63, 3.8) is 0 Å². The fraction of sp³-hybridized carbons (Fsp3) is 0.533. The third-order valence-electron chi connectivity index (χ3n) is 3.86. The molecule has 0 atom stereocenters. The molecule has 1 N–H and O–H groups in total. The third kappa shape index (κ3) is 3.59. The van der Waals surface area contributed by atoms with Crippen LogP contribution in [0.3, 0.4) is 0 Å². The lowest BCUT2D eigenvalue weighted by Gasteiger charge is -2.27. The van der Waals surface area contributed by atoms with E-state index in [2.05, 4.69) is 20.1 Å². The zero-order valence-electron chi connectivity index (χ0n) is 13.5. The lowest BCUT2D eigenvalue weighted by molar-refractivity contribution is 0.0692. The van der Waals surface area contributed by atoms with Gasteiger partial charge in [-0.2, -0.15) is 0 Å². The molecule has 2 aromatic rings. The van der Waals surface area contributed by atoms with Crippen LogP contribution in [0.1, 0.15) is 22.1 Å². The lowest BCUT2D eigenvalue weighted by atomic mass is 10.3. The number of likely N-dealkylation sites (N-methyl/N-ethyl adjacent to an activating group) is 1. The summed E-state index contributed by atoms with van der Waals surface area (Å²) < 4.78 is 7.69. The van der Waals surface area contributed by atoms with Gasteiger partial charge in [0.2, 0.25) is 0 Å². The van der Waals surface area contributed by atoms with E-state index >= 15 is 0 Å². The summed E-state index contributed by atoms with van der Waals surface area (Å²) in [6.45, 7) is 3.80. The lowest BCUT2D eigenvalue weighted by Crippen LogP contribution is -2.39. The first-order chi connectivity index (χ1) is 11.1. The molecular formula is C15H22N6O2. The van der Waals surface area contributed by atoms with Crippen LogP contribution < -0.4 is 0 Å². The number of nitrogens with zero attached hydrogens (tertiary/aromatic N) is 5. The molecule has 0 saturated carbocycles. The molecule has 0 unspecified atom stereocenters. The van der Waals surface area contributed by atoms with Crippen LogP contribution >= 0.6 is 0 Å².